The van der Waals surface area contributed by atoms with Gasteiger partial charge in [-0.2, -0.15) is 5.10 Å². The van der Waals surface area contributed by atoms with E-state index in [1.807, 2.05) is 54.6 Å². The van der Waals surface area contributed by atoms with Crippen molar-refractivity contribution in [2.45, 2.75) is 13.1 Å². The number of nitrogens with one attached hydrogen (secondary N) is 1. The lowest BCUT2D eigenvalue weighted by atomic mass is 10.1. The second-order valence-corrected chi connectivity index (χ2v) is 7.70. The van der Waals surface area contributed by atoms with Crippen LogP contribution < -0.4 is 15.1 Å². The van der Waals surface area contributed by atoms with E-state index in [4.69, 9.17) is 4.74 Å². The smallest absolute Gasteiger partial charge is 0.271 e. The summed E-state index contributed by atoms with van der Waals surface area (Å²) in [5.74, 6) is 0.557. The Kier molecular flexibility index (Phi) is 5.62. The number of rotatable bonds is 5. The number of fused-ring (bicyclic) bond motifs is 1. The van der Waals surface area contributed by atoms with Gasteiger partial charge in [-0.3, -0.25) is 4.79 Å². The van der Waals surface area contributed by atoms with E-state index in [0.717, 1.165) is 28.9 Å². The minimum Gasteiger partial charge on any atom is -0.497 e. The molecule has 0 unspecified atom stereocenters. The molecule has 146 valence electrons. The standard InChI is InChI=1S/C23H20BrN3O2/c1-29-22-10-2-16(3-11-22)13-25-26-23(28)17-4-5-18-14-27(15-19(18)12-17)21-8-6-20(24)7-9-21/h2-13H,14-15H2,1H3,(H,26,28). The number of anilines is 1. The maximum Gasteiger partial charge on any atom is 0.271 e. The van der Waals surface area contributed by atoms with Crippen molar-refractivity contribution in [1.29, 1.82) is 0 Å². The number of amides is 1. The van der Waals surface area contributed by atoms with Crippen LogP contribution in [0.15, 0.2) is 76.3 Å². The lowest BCUT2D eigenvalue weighted by molar-refractivity contribution is 0.0955. The predicted molar refractivity (Wildman–Crippen MR) is 119 cm³/mol. The quantitative estimate of drug-likeness (QED) is 0.451. The molecule has 0 aliphatic carbocycles. The summed E-state index contributed by atoms with van der Waals surface area (Å²) in [6.45, 7) is 1.63. The van der Waals surface area contributed by atoms with Gasteiger partial charge in [0.2, 0.25) is 0 Å². The molecule has 29 heavy (non-hydrogen) atoms. The van der Waals surface area contributed by atoms with Crippen molar-refractivity contribution >= 4 is 33.7 Å². The van der Waals surface area contributed by atoms with Crippen LogP contribution in [0.4, 0.5) is 5.69 Å². The first-order chi connectivity index (χ1) is 14.1. The van der Waals surface area contributed by atoms with Gasteiger partial charge in [-0.25, -0.2) is 5.43 Å². The monoisotopic (exact) mass is 449 g/mol. The molecule has 1 aliphatic heterocycles. The van der Waals surface area contributed by atoms with Gasteiger partial charge < -0.3 is 9.64 Å². The van der Waals surface area contributed by atoms with Crippen LogP contribution in [0, 0.1) is 0 Å². The average molecular weight is 450 g/mol. The van der Waals surface area contributed by atoms with Crippen LogP contribution in [0.2, 0.25) is 0 Å². The van der Waals surface area contributed by atoms with Crippen molar-refractivity contribution < 1.29 is 9.53 Å². The van der Waals surface area contributed by atoms with E-state index in [9.17, 15) is 4.79 Å². The summed E-state index contributed by atoms with van der Waals surface area (Å²) in [4.78, 5) is 14.8. The number of halogens is 1. The Morgan fingerprint density at radius 1 is 1.03 bits per heavy atom. The summed E-state index contributed by atoms with van der Waals surface area (Å²) in [6.07, 6.45) is 1.61. The minimum absolute atomic E-state index is 0.223. The fraction of sp³-hybridized carbons (Fsp3) is 0.130. The third kappa shape index (κ3) is 4.49. The molecule has 1 aliphatic rings. The molecule has 0 fully saturated rings. The normalized spacial score (nSPS) is 12.8. The number of carbonyl (C=O) groups is 1. The average Bonchev–Trinajstić information content (AvgIpc) is 3.18. The molecule has 0 radical (unpaired) electrons. The molecule has 5 nitrogen and oxygen atoms in total. The van der Waals surface area contributed by atoms with Crippen molar-refractivity contribution in [3.05, 3.63) is 93.5 Å². The Hall–Kier alpha value is -3.12. The van der Waals surface area contributed by atoms with Gasteiger partial charge in [-0.05, 0) is 77.4 Å². The van der Waals surface area contributed by atoms with Crippen LogP contribution in [0.1, 0.15) is 27.0 Å². The van der Waals surface area contributed by atoms with Gasteiger partial charge in [-0.1, -0.05) is 22.0 Å². The number of nitrogens with zero attached hydrogens (tertiary/aromatic N) is 2. The maximum absolute atomic E-state index is 12.5. The second kappa shape index (κ2) is 8.49. The van der Waals surface area contributed by atoms with E-state index >= 15 is 0 Å². The molecule has 0 spiro atoms. The number of benzene rings is 3. The highest BCUT2D eigenvalue weighted by Crippen LogP contribution is 2.29. The Bertz CT molecular complexity index is 1050. The molecular formula is C23H20BrN3O2. The third-order valence-corrected chi connectivity index (χ3v) is 5.41. The second-order valence-electron chi connectivity index (χ2n) is 6.79. The van der Waals surface area contributed by atoms with E-state index in [-0.39, 0.29) is 5.91 Å². The largest absolute Gasteiger partial charge is 0.497 e. The summed E-state index contributed by atoms with van der Waals surface area (Å²) in [6, 6.07) is 21.5. The fourth-order valence-corrected chi connectivity index (χ4v) is 3.55. The Labute approximate surface area is 178 Å². The molecule has 4 rings (SSSR count). The van der Waals surface area contributed by atoms with E-state index in [1.165, 1.54) is 16.8 Å². The van der Waals surface area contributed by atoms with Crippen LogP contribution in [-0.2, 0) is 13.1 Å². The van der Waals surface area contributed by atoms with E-state index in [1.54, 1.807) is 13.3 Å². The van der Waals surface area contributed by atoms with Crippen LogP contribution in [-0.4, -0.2) is 19.2 Å². The SMILES string of the molecule is COc1ccc(C=NNC(=O)c2ccc3c(c2)CN(c2ccc(Br)cc2)C3)cc1. The van der Waals surface area contributed by atoms with E-state index in [0.29, 0.717) is 5.56 Å². The highest BCUT2D eigenvalue weighted by molar-refractivity contribution is 9.10. The van der Waals surface area contributed by atoms with Gasteiger partial charge in [0.25, 0.3) is 5.91 Å². The molecule has 3 aromatic rings. The molecule has 6 heteroatoms. The number of ether oxygens (including phenoxy) is 1. The van der Waals surface area contributed by atoms with Crippen molar-refractivity contribution in [3.8, 4) is 5.75 Å². The summed E-state index contributed by atoms with van der Waals surface area (Å²) < 4.78 is 6.19. The topological polar surface area (TPSA) is 53.9 Å². The third-order valence-electron chi connectivity index (χ3n) is 4.88. The molecular weight excluding hydrogens is 430 g/mol. The molecule has 0 aromatic heterocycles. The Morgan fingerprint density at radius 2 is 1.76 bits per heavy atom. The van der Waals surface area contributed by atoms with E-state index in [2.05, 4.69) is 43.5 Å². The number of methoxy groups -OCH3 is 1. The first-order valence-corrected chi connectivity index (χ1v) is 10.0. The zero-order chi connectivity index (χ0) is 20.2. The molecule has 1 N–H and O–H groups in total. The number of hydrogen-bond donors (Lipinski definition) is 1. The highest BCUT2D eigenvalue weighted by atomic mass is 79.9. The van der Waals surface area contributed by atoms with Crippen molar-refractivity contribution in [2.24, 2.45) is 5.10 Å². The van der Waals surface area contributed by atoms with Crippen LogP contribution in [0.5, 0.6) is 5.75 Å². The lowest BCUT2D eigenvalue weighted by Crippen LogP contribution is -2.17. The minimum atomic E-state index is -0.223. The van der Waals surface area contributed by atoms with Crippen LogP contribution in [0.3, 0.4) is 0 Å². The van der Waals surface area contributed by atoms with Gasteiger partial charge in [0.1, 0.15) is 5.75 Å². The maximum atomic E-state index is 12.5. The van der Waals surface area contributed by atoms with Crippen molar-refractivity contribution in [2.75, 3.05) is 12.0 Å². The predicted octanol–water partition coefficient (Wildman–Crippen LogP) is 4.74. The van der Waals surface area contributed by atoms with Gasteiger partial charge in [0.05, 0.1) is 13.3 Å². The van der Waals surface area contributed by atoms with Crippen LogP contribution in [0.25, 0.3) is 0 Å². The Morgan fingerprint density at radius 3 is 2.48 bits per heavy atom. The molecule has 1 amide bonds. The Balaban J connectivity index is 1.40. The molecule has 3 aromatic carbocycles. The molecule has 0 saturated carbocycles. The number of carbonyl (C=O) groups excluding carboxylic acids is 1. The first-order valence-electron chi connectivity index (χ1n) is 9.22. The molecule has 0 saturated heterocycles. The van der Waals surface area contributed by atoms with Crippen LogP contribution >= 0.6 is 15.9 Å². The first kappa shape index (κ1) is 19.2. The summed E-state index contributed by atoms with van der Waals surface area (Å²) >= 11 is 3.47. The summed E-state index contributed by atoms with van der Waals surface area (Å²) in [7, 11) is 1.62. The van der Waals surface area contributed by atoms with Crippen molar-refractivity contribution in [1.82, 2.24) is 5.43 Å². The van der Waals surface area contributed by atoms with E-state index < -0.39 is 0 Å². The van der Waals surface area contributed by atoms with Crippen molar-refractivity contribution in [3.63, 3.8) is 0 Å². The summed E-state index contributed by atoms with van der Waals surface area (Å²) in [5.41, 5.74) is 7.66. The molecule has 1 heterocycles. The number of hydrogen-bond acceptors (Lipinski definition) is 4. The fourth-order valence-electron chi connectivity index (χ4n) is 3.29. The highest BCUT2D eigenvalue weighted by Gasteiger charge is 2.20. The number of hydrazone groups is 1. The van der Waals surface area contributed by atoms with Gasteiger partial charge in [0.15, 0.2) is 0 Å². The molecule has 0 bridgehead atoms. The summed E-state index contributed by atoms with van der Waals surface area (Å²) in [5, 5.41) is 4.06. The zero-order valence-electron chi connectivity index (χ0n) is 15.9. The zero-order valence-corrected chi connectivity index (χ0v) is 17.5. The lowest BCUT2D eigenvalue weighted by Gasteiger charge is -2.17. The molecule has 0 atom stereocenters. The van der Waals surface area contributed by atoms with Gasteiger partial charge >= 0.3 is 0 Å². The van der Waals surface area contributed by atoms with Gasteiger partial charge in [0, 0.05) is 28.8 Å². The van der Waals surface area contributed by atoms with Gasteiger partial charge in [-0.15, -0.1) is 0 Å².